The van der Waals surface area contributed by atoms with E-state index in [4.69, 9.17) is 4.74 Å². The van der Waals surface area contributed by atoms with Crippen molar-refractivity contribution < 1.29 is 9.66 Å². The summed E-state index contributed by atoms with van der Waals surface area (Å²) in [4.78, 5) is 19.0. The molecule has 0 aliphatic rings. The summed E-state index contributed by atoms with van der Waals surface area (Å²) in [6, 6.07) is 6.27. The third-order valence-corrected chi connectivity index (χ3v) is 3.13. The van der Waals surface area contributed by atoms with Gasteiger partial charge in [-0.15, -0.1) is 0 Å². The van der Waals surface area contributed by atoms with E-state index in [1.807, 2.05) is 13.8 Å². The van der Waals surface area contributed by atoms with Gasteiger partial charge in [0.1, 0.15) is 17.4 Å². The Morgan fingerprint density at radius 3 is 2.77 bits per heavy atom. The Kier molecular flexibility index (Phi) is 4.88. The van der Waals surface area contributed by atoms with Crippen LogP contribution in [-0.4, -0.2) is 22.0 Å². The van der Waals surface area contributed by atoms with Crippen molar-refractivity contribution in [1.82, 2.24) is 9.97 Å². The fourth-order valence-corrected chi connectivity index (χ4v) is 1.95. The van der Waals surface area contributed by atoms with Gasteiger partial charge in [0.15, 0.2) is 0 Å². The fourth-order valence-electron chi connectivity index (χ4n) is 1.95. The second kappa shape index (κ2) is 6.84. The molecular weight excluding hydrogens is 284 g/mol. The van der Waals surface area contributed by atoms with Gasteiger partial charge in [-0.3, -0.25) is 10.1 Å². The molecular formula is C15H18N4O3. The van der Waals surface area contributed by atoms with Gasteiger partial charge in [-0.05, 0) is 12.1 Å². The van der Waals surface area contributed by atoms with Crippen LogP contribution in [0.4, 0.5) is 11.5 Å². The van der Waals surface area contributed by atoms with Crippen molar-refractivity contribution >= 4 is 11.5 Å². The molecule has 0 saturated heterocycles. The van der Waals surface area contributed by atoms with Gasteiger partial charge >= 0.3 is 0 Å². The van der Waals surface area contributed by atoms with Gasteiger partial charge in [0.2, 0.25) is 0 Å². The molecule has 1 aromatic carbocycles. The van der Waals surface area contributed by atoms with Crippen molar-refractivity contribution in [2.75, 3.05) is 12.4 Å². The Hall–Kier alpha value is -2.70. The number of ether oxygens (including phenoxy) is 1. The smallest absolute Gasteiger partial charge is 0.270 e. The van der Waals surface area contributed by atoms with Crippen LogP contribution in [0.2, 0.25) is 0 Å². The summed E-state index contributed by atoms with van der Waals surface area (Å²) in [5.74, 6) is 2.24. The predicted molar refractivity (Wildman–Crippen MR) is 83.1 cm³/mol. The minimum Gasteiger partial charge on any atom is -0.496 e. The molecule has 0 amide bonds. The van der Waals surface area contributed by atoms with Crippen molar-refractivity contribution in [3.63, 3.8) is 0 Å². The SMILES string of the molecule is COc1ccc([N+](=O)[O-])cc1CNc1ccnc(C(C)C)n1. The van der Waals surface area contributed by atoms with Crippen LogP contribution in [0.15, 0.2) is 30.5 Å². The van der Waals surface area contributed by atoms with Gasteiger partial charge in [-0.25, -0.2) is 9.97 Å². The third kappa shape index (κ3) is 3.69. The number of nitro benzene ring substituents is 1. The van der Waals surface area contributed by atoms with E-state index in [2.05, 4.69) is 15.3 Å². The van der Waals surface area contributed by atoms with Crippen LogP contribution in [-0.2, 0) is 6.54 Å². The molecule has 7 nitrogen and oxygen atoms in total. The molecule has 0 bridgehead atoms. The van der Waals surface area contributed by atoms with Crippen LogP contribution in [0, 0.1) is 10.1 Å². The number of hydrogen-bond acceptors (Lipinski definition) is 6. The first-order valence-electron chi connectivity index (χ1n) is 6.89. The number of hydrogen-bond donors (Lipinski definition) is 1. The maximum atomic E-state index is 10.9. The van der Waals surface area contributed by atoms with E-state index in [1.165, 1.54) is 19.2 Å². The topological polar surface area (TPSA) is 90.2 Å². The molecule has 116 valence electrons. The van der Waals surface area contributed by atoms with Gasteiger partial charge in [-0.1, -0.05) is 13.8 Å². The standard InChI is InChI=1S/C15H18N4O3/c1-10(2)15-16-7-6-14(18-15)17-9-11-8-12(19(20)21)4-5-13(11)22-3/h4-8,10H,9H2,1-3H3,(H,16,17,18). The van der Waals surface area contributed by atoms with Crippen LogP contribution >= 0.6 is 0 Å². The Labute approximate surface area is 128 Å². The van der Waals surface area contributed by atoms with E-state index in [0.717, 1.165) is 5.82 Å². The second-order valence-electron chi connectivity index (χ2n) is 5.06. The largest absolute Gasteiger partial charge is 0.496 e. The van der Waals surface area contributed by atoms with E-state index in [9.17, 15) is 10.1 Å². The first-order chi connectivity index (χ1) is 10.5. The number of anilines is 1. The zero-order chi connectivity index (χ0) is 16.1. The summed E-state index contributed by atoms with van der Waals surface area (Å²) in [5, 5.41) is 14.0. The van der Waals surface area contributed by atoms with Crippen molar-refractivity contribution in [3.05, 3.63) is 52.0 Å². The predicted octanol–water partition coefficient (Wildman–Crippen LogP) is 3.13. The molecule has 1 N–H and O–H groups in total. The molecule has 0 saturated carbocycles. The van der Waals surface area contributed by atoms with E-state index in [0.29, 0.717) is 23.7 Å². The number of non-ortho nitro benzene ring substituents is 1. The van der Waals surface area contributed by atoms with Crippen molar-refractivity contribution in [1.29, 1.82) is 0 Å². The maximum Gasteiger partial charge on any atom is 0.270 e. The lowest BCUT2D eigenvalue weighted by molar-refractivity contribution is -0.384. The van der Waals surface area contributed by atoms with Crippen LogP contribution in [0.5, 0.6) is 5.75 Å². The molecule has 2 rings (SSSR count). The molecule has 0 aliphatic heterocycles. The Morgan fingerprint density at radius 2 is 2.14 bits per heavy atom. The fraction of sp³-hybridized carbons (Fsp3) is 0.333. The van der Waals surface area contributed by atoms with E-state index in [-0.39, 0.29) is 11.6 Å². The molecule has 1 heterocycles. The number of nitro groups is 1. The summed E-state index contributed by atoms with van der Waals surface area (Å²) in [6.07, 6.45) is 1.69. The molecule has 7 heteroatoms. The van der Waals surface area contributed by atoms with Crippen LogP contribution in [0.1, 0.15) is 31.2 Å². The van der Waals surface area contributed by atoms with Crippen LogP contribution < -0.4 is 10.1 Å². The Balaban J connectivity index is 2.18. The number of benzene rings is 1. The summed E-state index contributed by atoms with van der Waals surface area (Å²) >= 11 is 0. The highest BCUT2D eigenvalue weighted by Gasteiger charge is 2.11. The highest BCUT2D eigenvalue weighted by Crippen LogP contribution is 2.24. The van der Waals surface area contributed by atoms with E-state index < -0.39 is 4.92 Å². The minimum absolute atomic E-state index is 0.0307. The lowest BCUT2D eigenvalue weighted by atomic mass is 10.1. The third-order valence-electron chi connectivity index (χ3n) is 3.13. The molecule has 0 fully saturated rings. The van der Waals surface area contributed by atoms with Crippen LogP contribution in [0.3, 0.4) is 0 Å². The summed E-state index contributed by atoms with van der Waals surface area (Å²) in [5.41, 5.74) is 0.726. The number of nitrogens with zero attached hydrogens (tertiary/aromatic N) is 3. The number of aromatic nitrogens is 2. The quantitative estimate of drug-likeness (QED) is 0.651. The zero-order valence-corrected chi connectivity index (χ0v) is 12.7. The number of nitrogens with one attached hydrogen (secondary N) is 1. The van der Waals surface area contributed by atoms with Gasteiger partial charge in [0.25, 0.3) is 5.69 Å². The van der Waals surface area contributed by atoms with Gasteiger partial charge in [0.05, 0.1) is 12.0 Å². The summed E-state index contributed by atoms with van der Waals surface area (Å²) in [6.45, 7) is 4.41. The second-order valence-corrected chi connectivity index (χ2v) is 5.06. The average molecular weight is 302 g/mol. The molecule has 2 aromatic rings. The molecule has 0 aliphatic carbocycles. The molecule has 0 radical (unpaired) electrons. The van der Waals surface area contributed by atoms with Crippen molar-refractivity contribution in [3.8, 4) is 5.75 Å². The highest BCUT2D eigenvalue weighted by molar-refractivity contribution is 5.46. The normalized spacial score (nSPS) is 10.5. The van der Waals surface area contributed by atoms with Crippen molar-refractivity contribution in [2.45, 2.75) is 26.3 Å². The molecule has 22 heavy (non-hydrogen) atoms. The molecule has 0 atom stereocenters. The Bertz CT molecular complexity index is 674. The van der Waals surface area contributed by atoms with Gasteiger partial charge in [-0.2, -0.15) is 0 Å². The Morgan fingerprint density at radius 1 is 1.36 bits per heavy atom. The first kappa shape index (κ1) is 15.7. The summed E-state index contributed by atoms with van der Waals surface area (Å²) in [7, 11) is 1.53. The summed E-state index contributed by atoms with van der Waals surface area (Å²) < 4.78 is 5.24. The zero-order valence-electron chi connectivity index (χ0n) is 12.7. The monoisotopic (exact) mass is 302 g/mol. The first-order valence-corrected chi connectivity index (χ1v) is 6.89. The average Bonchev–Trinajstić information content (AvgIpc) is 2.52. The number of methoxy groups -OCH3 is 1. The van der Waals surface area contributed by atoms with Gasteiger partial charge < -0.3 is 10.1 Å². The van der Waals surface area contributed by atoms with E-state index in [1.54, 1.807) is 18.3 Å². The minimum atomic E-state index is -0.426. The van der Waals surface area contributed by atoms with Crippen molar-refractivity contribution in [2.24, 2.45) is 0 Å². The van der Waals surface area contributed by atoms with Crippen LogP contribution in [0.25, 0.3) is 0 Å². The lowest BCUT2D eigenvalue weighted by Gasteiger charge is -2.11. The highest BCUT2D eigenvalue weighted by atomic mass is 16.6. The molecule has 0 spiro atoms. The maximum absolute atomic E-state index is 10.9. The lowest BCUT2D eigenvalue weighted by Crippen LogP contribution is -2.06. The van der Waals surface area contributed by atoms with E-state index >= 15 is 0 Å². The molecule has 1 aromatic heterocycles. The molecule has 0 unspecified atom stereocenters. The van der Waals surface area contributed by atoms with Gasteiger partial charge in [0, 0.05) is 36.4 Å². The number of rotatable bonds is 6.